The highest BCUT2D eigenvalue weighted by Crippen LogP contribution is 2.47. The molecule has 0 aliphatic heterocycles. The van der Waals surface area contributed by atoms with E-state index in [1.165, 1.54) is 32.1 Å². The van der Waals surface area contributed by atoms with Crippen molar-refractivity contribution in [2.24, 2.45) is 0 Å². The molecule has 9 N–H and O–H groups in total. The zero-order valence-electron chi connectivity index (χ0n) is 27.7. The number of phosphoric ester groups is 1. The molecule has 8 unspecified atom stereocenters. The van der Waals surface area contributed by atoms with Gasteiger partial charge in [0.05, 0.1) is 31.3 Å². The fourth-order valence-electron chi connectivity index (χ4n) is 5.42. The number of phosphoric acid groups is 1. The average Bonchev–Trinajstić information content (AvgIpc) is 3.01. The summed E-state index contributed by atoms with van der Waals surface area (Å²) in [6.07, 6.45) is 4.93. The third-order valence-corrected chi connectivity index (χ3v) is 9.36. The van der Waals surface area contributed by atoms with Gasteiger partial charge in [-0.15, -0.1) is 0 Å². The Morgan fingerprint density at radius 1 is 0.761 bits per heavy atom. The van der Waals surface area contributed by atoms with Crippen LogP contribution in [0.4, 0.5) is 0 Å². The average molecular weight is 684 g/mol. The van der Waals surface area contributed by atoms with Gasteiger partial charge < -0.3 is 46.0 Å². The number of unbranched alkanes of at least 4 members (excludes halogenated alkanes) is 12. The van der Waals surface area contributed by atoms with Crippen LogP contribution < -0.4 is 5.32 Å². The van der Waals surface area contributed by atoms with Gasteiger partial charge in [-0.05, 0) is 25.7 Å². The molecule has 1 saturated carbocycles. The third kappa shape index (κ3) is 17.4. The number of carbonyl (C=O) groups excluding carboxylic acids is 1. The number of rotatable bonds is 26. The van der Waals surface area contributed by atoms with Gasteiger partial charge in [-0.3, -0.25) is 13.8 Å². The van der Waals surface area contributed by atoms with Crippen molar-refractivity contribution in [3.63, 3.8) is 0 Å². The van der Waals surface area contributed by atoms with Crippen molar-refractivity contribution in [3.05, 3.63) is 12.2 Å². The molecule has 0 aromatic heterocycles. The van der Waals surface area contributed by atoms with Crippen molar-refractivity contribution in [2.45, 2.75) is 178 Å². The molecular weight excluding hydrogens is 621 g/mol. The monoisotopic (exact) mass is 683 g/mol. The standard InChI is InChI=1S/C32H62NO12P/c1-3-5-7-9-11-12-14-16-18-20-25(35)24(33-26(36)21-23(34)19-17-15-13-10-8-6-4-2)22-44-46(42,43)45-32-30(40)28(38)27(37)29(39)31(32)41/h15,17,23-25,27-32,34-35,37-41H,3-14,16,18-22H2,1-2H3,(H,33,36)(H,42,43)/b17-15-. The number of hydrogen-bond donors (Lipinski definition) is 9. The second kappa shape index (κ2) is 24.2. The number of hydrogen-bond acceptors (Lipinski definition) is 11. The molecule has 13 nitrogen and oxygen atoms in total. The second-order valence-corrected chi connectivity index (χ2v) is 14.0. The van der Waals surface area contributed by atoms with Gasteiger partial charge in [0.15, 0.2) is 0 Å². The summed E-state index contributed by atoms with van der Waals surface area (Å²) < 4.78 is 22.6. The lowest BCUT2D eigenvalue weighted by atomic mass is 9.85. The van der Waals surface area contributed by atoms with E-state index in [0.717, 1.165) is 51.4 Å². The van der Waals surface area contributed by atoms with Crippen molar-refractivity contribution < 1.29 is 59.0 Å². The Morgan fingerprint density at radius 2 is 1.26 bits per heavy atom. The molecule has 1 amide bonds. The maximum atomic E-state index is 12.8. The van der Waals surface area contributed by atoms with E-state index in [1.807, 2.05) is 12.2 Å². The molecule has 0 aromatic rings. The molecule has 0 aromatic carbocycles. The number of carbonyl (C=O) groups is 1. The van der Waals surface area contributed by atoms with Crippen molar-refractivity contribution in [1.29, 1.82) is 0 Å². The van der Waals surface area contributed by atoms with Crippen molar-refractivity contribution in [3.8, 4) is 0 Å². The van der Waals surface area contributed by atoms with Crippen molar-refractivity contribution in [2.75, 3.05) is 6.61 Å². The van der Waals surface area contributed by atoms with E-state index >= 15 is 0 Å². The number of nitrogens with one attached hydrogen (secondary N) is 1. The summed E-state index contributed by atoms with van der Waals surface area (Å²) in [6.45, 7) is 3.61. The van der Waals surface area contributed by atoms with Crippen LogP contribution in [0.5, 0.6) is 0 Å². The van der Waals surface area contributed by atoms with E-state index in [1.54, 1.807) is 0 Å². The summed E-state index contributed by atoms with van der Waals surface area (Å²) >= 11 is 0. The molecule has 1 aliphatic rings. The lowest BCUT2D eigenvalue weighted by molar-refractivity contribution is -0.220. The summed E-state index contributed by atoms with van der Waals surface area (Å²) in [7, 11) is -5.10. The Labute approximate surface area is 274 Å². The van der Waals surface area contributed by atoms with Crippen molar-refractivity contribution in [1.82, 2.24) is 5.32 Å². The maximum absolute atomic E-state index is 12.8. The van der Waals surface area contributed by atoms with Gasteiger partial charge in [-0.2, -0.15) is 0 Å². The lowest BCUT2D eigenvalue weighted by Gasteiger charge is -2.41. The number of amides is 1. The summed E-state index contributed by atoms with van der Waals surface area (Å²) in [4.78, 5) is 23.1. The fraction of sp³-hybridized carbons (Fsp3) is 0.906. The second-order valence-electron chi connectivity index (χ2n) is 12.6. The van der Waals surface area contributed by atoms with Crippen LogP contribution in [-0.4, -0.2) is 108 Å². The summed E-state index contributed by atoms with van der Waals surface area (Å²) in [6, 6.07) is -1.16. The first-order valence-corrected chi connectivity index (χ1v) is 18.7. The molecule has 1 fully saturated rings. The van der Waals surface area contributed by atoms with E-state index in [-0.39, 0.29) is 19.3 Å². The van der Waals surface area contributed by atoms with E-state index in [0.29, 0.717) is 6.42 Å². The Bertz CT molecular complexity index is 864. The highest BCUT2D eigenvalue weighted by atomic mass is 31.2. The first-order chi connectivity index (χ1) is 21.8. The highest BCUT2D eigenvalue weighted by Gasteiger charge is 2.51. The van der Waals surface area contributed by atoms with Crippen LogP contribution in [0, 0.1) is 0 Å². The quantitative estimate of drug-likeness (QED) is 0.0365. The van der Waals surface area contributed by atoms with Crippen LogP contribution in [0.2, 0.25) is 0 Å². The van der Waals surface area contributed by atoms with E-state index < -0.39 is 75.2 Å². The van der Waals surface area contributed by atoms with Crippen LogP contribution in [0.1, 0.15) is 123 Å². The largest absolute Gasteiger partial charge is 0.472 e. The minimum atomic E-state index is -5.10. The lowest BCUT2D eigenvalue weighted by Crippen LogP contribution is -2.64. The minimum Gasteiger partial charge on any atom is -0.392 e. The van der Waals surface area contributed by atoms with E-state index in [4.69, 9.17) is 9.05 Å². The van der Waals surface area contributed by atoms with E-state index in [2.05, 4.69) is 19.2 Å². The molecule has 46 heavy (non-hydrogen) atoms. The summed E-state index contributed by atoms with van der Waals surface area (Å²) in [5.41, 5.74) is 0. The molecule has 8 atom stereocenters. The zero-order valence-corrected chi connectivity index (χ0v) is 28.6. The molecular formula is C32H62NO12P. The van der Waals surface area contributed by atoms with Gasteiger partial charge in [-0.1, -0.05) is 103 Å². The van der Waals surface area contributed by atoms with Crippen LogP contribution in [-0.2, 0) is 18.4 Å². The molecule has 1 rings (SSSR count). The highest BCUT2D eigenvalue weighted by molar-refractivity contribution is 7.47. The minimum absolute atomic E-state index is 0.264. The predicted octanol–water partition coefficient (Wildman–Crippen LogP) is 2.74. The third-order valence-electron chi connectivity index (χ3n) is 8.38. The van der Waals surface area contributed by atoms with Gasteiger partial charge in [0.1, 0.15) is 36.6 Å². The number of aliphatic hydroxyl groups is 7. The van der Waals surface area contributed by atoms with Crippen LogP contribution in [0.15, 0.2) is 12.2 Å². The Balaban J connectivity index is 2.73. The molecule has 0 bridgehead atoms. The molecule has 272 valence electrons. The number of allylic oxidation sites excluding steroid dienone is 1. The SMILES string of the molecule is CCCCCC/C=C\CC(O)CC(=O)NC(COP(=O)(O)OC1C(O)C(O)C(O)C(O)C1O)C(O)CCCCCCCCCCC. The van der Waals surface area contributed by atoms with Crippen LogP contribution in [0.3, 0.4) is 0 Å². The molecule has 0 heterocycles. The van der Waals surface area contributed by atoms with Crippen LogP contribution in [0.25, 0.3) is 0 Å². The first-order valence-electron chi connectivity index (χ1n) is 17.2. The van der Waals surface area contributed by atoms with Gasteiger partial charge in [0, 0.05) is 0 Å². The topological polar surface area (TPSA) is 226 Å². The Morgan fingerprint density at radius 3 is 1.83 bits per heavy atom. The molecule has 0 spiro atoms. The van der Waals surface area contributed by atoms with Gasteiger partial charge in [-0.25, -0.2) is 4.57 Å². The van der Waals surface area contributed by atoms with Gasteiger partial charge in [0.25, 0.3) is 0 Å². The Kier molecular flexibility index (Phi) is 22.7. The summed E-state index contributed by atoms with van der Waals surface area (Å²) in [5, 5.41) is 73.6. The van der Waals surface area contributed by atoms with Gasteiger partial charge >= 0.3 is 7.82 Å². The fourth-order valence-corrected chi connectivity index (χ4v) is 6.38. The Hall–Kier alpha value is -0.960. The molecule has 14 heteroatoms. The molecule has 0 radical (unpaired) electrons. The van der Waals surface area contributed by atoms with Gasteiger partial charge in [0.2, 0.25) is 5.91 Å². The van der Waals surface area contributed by atoms with Crippen molar-refractivity contribution >= 4 is 13.7 Å². The maximum Gasteiger partial charge on any atom is 0.472 e. The molecule has 1 aliphatic carbocycles. The first kappa shape index (κ1) is 43.1. The zero-order chi connectivity index (χ0) is 34.5. The van der Waals surface area contributed by atoms with Crippen LogP contribution >= 0.6 is 7.82 Å². The molecule has 0 saturated heterocycles. The predicted molar refractivity (Wildman–Crippen MR) is 174 cm³/mol. The normalized spacial score (nSPS) is 26.9. The van der Waals surface area contributed by atoms with E-state index in [9.17, 15) is 50.0 Å². The smallest absolute Gasteiger partial charge is 0.392 e. The summed E-state index contributed by atoms with van der Waals surface area (Å²) in [5.74, 6) is -0.601. The number of aliphatic hydroxyl groups excluding tert-OH is 7.